The van der Waals surface area contributed by atoms with E-state index in [2.05, 4.69) is 20.1 Å². The number of hydrogen-bond donors (Lipinski definition) is 0. The van der Waals surface area contributed by atoms with Crippen molar-refractivity contribution in [2.24, 2.45) is 0 Å². The summed E-state index contributed by atoms with van der Waals surface area (Å²) in [5.41, 5.74) is 0.458. The van der Waals surface area contributed by atoms with Crippen LogP contribution in [0, 0.1) is 0 Å². The lowest BCUT2D eigenvalue weighted by atomic mass is 10.1. The van der Waals surface area contributed by atoms with Crippen molar-refractivity contribution in [3.63, 3.8) is 0 Å². The molecule has 2 nitrogen and oxygen atoms in total. The zero-order valence-electron chi connectivity index (χ0n) is 9.92. The Kier molecular flexibility index (Phi) is 7.69. The van der Waals surface area contributed by atoms with Gasteiger partial charge in [-0.3, -0.25) is 0 Å². The van der Waals surface area contributed by atoms with Crippen molar-refractivity contribution in [2.45, 2.75) is 52.1 Å². The molecule has 1 atom stereocenters. The maximum atomic E-state index is 11.3. The predicted molar refractivity (Wildman–Crippen MR) is 63.7 cm³/mol. The van der Waals surface area contributed by atoms with Crippen molar-refractivity contribution in [2.75, 3.05) is 0 Å². The molecular weight excluding hydrogens is 188 g/mol. The molecule has 86 valence electrons. The monoisotopic (exact) mass is 210 g/mol. The second-order valence-electron chi connectivity index (χ2n) is 3.83. The fourth-order valence-electron chi connectivity index (χ4n) is 1.28. The number of rotatable bonds is 8. The zero-order valence-corrected chi connectivity index (χ0v) is 9.92. The topological polar surface area (TPSA) is 26.3 Å². The van der Waals surface area contributed by atoms with Gasteiger partial charge in [0, 0.05) is 12.0 Å². The molecule has 0 bridgehead atoms. The molecule has 0 aliphatic carbocycles. The highest BCUT2D eigenvalue weighted by Crippen LogP contribution is 2.12. The van der Waals surface area contributed by atoms with Crippen LogP contribution in [0.1, 0.15) is 46.0 Å². The third-order valence-corrected chi connectivity index (χ3v) is 2.18. The highest BCUT2D eigenvalue weighted by molar-refractivity contribution is 5.87. The lowest BCUT2D eigenvalue weighted by Gasteiger charge is -2.16. The lowest BCUT2D eigenvalue weighted by Crippen LogP contribution is -2.18. The van der Waals surface area contributed by atoms with Crippen LogP contribution in [0.3, 0.4) is 0 Å². The number of ether oxygens (including phenoxy) is 1. The van der Waals surface area contributed by atoms with Crippen LogP contribution in [-0.4, -0.2) is 12.1 Å². The molecule has 0 aliphatic heterocycles. The van der Waals surface area contributed by atoms with Gasteiger partial charge in [-0.2, -0.15) is 0 Å². The molecule has 1 unspecified atom stereocenters. The van der Waals surface area contributed by atoms with E-state index in [1.165, 1.54) is 12.8 Å². The van der Waals surface area contributed by atoms with Gasteiger partial charge < -0.3 is 4.74 Å². The molecule has 0 heterocycles. The Hall–Kier alpha value is -1.05. The molecule has 0 aromatic rings. The number of unbranched alkanes of at least 4 members (excludes halogenated alkanes) is 2. The largest absolute Gasteiger partial charge is 0.459 e. The Morgan fingerprint density at radius 2 is 2.13 bits per heavy atom. The van der Waals surface area contributed by atoms with Crippen LogP contribution in [0.25, 0.3) is 0 Å². The van der Waals surface area contributed by atoms with Crippen molar-refractivity contribution in [3.05, 3.63) is 24.8 Å². The van der Waals surface area contributed by atoms with Gasteiger partial charge in [0.05, 0.1) is 0 Å². The lowest BCUT2D eigenvalue weighted by molar-refractivity contribution is -0.144. The van der Waals surface area contributed by atoms with Crippen LogP contribution in [0.5, 0.6) is 0 Å². The number of esters is 1. The van der Waals surface area contributed by atoms with Gasteiger partial charge in [0.15, 0.2) is 0 Å². The van der Waals surface area contributed by atoms with E-state index in [1.54, 1.807) is 13.0 Å². The molecule has 0 aromatic carbocycles. The van der Waals surface area contributed by atoms with E-state index >= 15 is 0 Å². The highest BCUT2D eigenvalue weighted by atomic mass is 16.5. The molecular formula is C13H22O2. The van der Waals surface area contributed by atoms with Crippen molar-refractivity contribution in [1.29, 1.82) is 0 Å². The Balaban J connectivity index is 3.97. The minimum Gasteiger partial charge on any atom is -0.459 e. The third kappa shape index (κ3) is 6.95. The van der Waals surface area contributed by atoms with Crippen LogP contribution >= 0.6 is 0 Å². The fraction of sp³-hybridized carbons (Fsp3) is 0.615. The standard InChI is InChI=1S/C13H22O2/c1-5-7-8-10-12(9-6-2)15-13(14)11(3)4/h6,12H,2-3,5,7-10H2,1,4H3. The van der Waals surface area contributed by atoms with E-state index in [1.807, 2.05) is 0 Å². The van der Waals surface area contributed by atoms with Crippen LogP contribution in [-0.2, 0) is 9.53 Å². The summed E-state index contributed by atoms with van der Waals surface area (Å²) in [5, 5.41) is 0. The van der Waals surface area contributed by atoms with Crippen LogP contribution in [0.4, 0.5) is 0 Å². The first kappa shape index (κ1) is 13.9. The van der Waals surface area contributed by atoms with E-state index in [-0.39, 0.29) is 12.1 Å². The summed E-state index contributed by atoms with van der Waals surface area (Å²) in [6, 6.07) is 0. The molecule has 0 saturated heterocycles. The van der Waals surface area contributed by atoms with E-state index in [4.69, 9.17) is 4.74 Å². The van der Waals surface area contributed by atoms with Gasteiger partial charge in [-0.1, -0.05) is 32.4 Å². The van der Waals surface area contributed by atoms with Gasteiger partial charge in [0.1, 0.15) is 6.10 Å². The first-order valence-corrected chi connectivity index (χ1v) is 5.59. The maximum absolute atomic E-state index is 11.3. The van der Waals surface area contributed by atoms with Gasteiger partial charge in [0.2, 0.25) is 0 Å². The molecule has 2 heteroatoms. The normalized spacial score (nSPS) is 11.9. The Morgan fingerprint density at radius 3 is 2.60 bits per heavy atom. The summed E-state index contributed by atoms with van der Waals surface area (Å²) < 4.78 is 5.29. The highest BCUT2D eigenvalue weighted by Gasteiger charge is 2.12. The smallest absolute Gasteiger partial charge is 0.333 e. The predicted octanol–water partition coefficient (Wildman–Crippen LogP) is 3.63. The summed E-state index contributed by atoms with van der Waals surface area (Å²) in [4.78, 5) is 11.3. The van der Waals surface area contributed by atoms with E-state index in [0.717, 1.165) is 19.3 Å². The van der Waals surface area contributed by atoms with Crippen molar-refractivity contribution in [1.82, 2.24) is 0 Å². The van der Waals surface area contributed by atoms with E-state index in [0.29, 0.717) is 5.57 Å². The molecule has 0 aliphatic rings. The van der Waals surface area contributed by atoms with E-state index in [9.17, 15) is 4.79 Å². The molecule has 0 amide bonds. The third-order valence-electron chi connectivity index (χ3n) is 2.18. The zero-order chi connectivity index (χ0) is 11.7. The fourth-order valence-corrected chi connectivity index (χ4v) is 1.28. The molecule has 0 aromatic heterocycles. The summed E-state index contributed by atoms with van der Waals surface area (Å²) in [6.07, 6.45) is 6.86. The molecule has 0 radical (unpaired) electrons. The number of carbonyl (C=O) groups is 1. The van der Waals surface area contributed by atoms with Gasteiger partial charge in [-0.15, -0.1) is 6.58 Å². The van der Waals surface area contributed by atoms with Gasteiger partial charge in [-0.25, -0.2) is 4.79 Å². The van der Waals surface area contributed by atoms with Crippen molar-refractivity contribution >= 4 is 5.97 Å². The van der Waals surface area contributed by atoms with Crippen LogP contribution < -0.4 is 0 Å². The van der Waals surface area contributed by atoms with E-state index < -0.39 is 0 Å². The molecule has 0 spiro atoms. The summed E-state index contributed by atoms with van der Waals surface area (Å²) >= 11 is 0. The molecule has 0 saturated carbocycles. The first-order chi connectivity index (χ1) is 7.11. The average molecular weight is 210 g/mol. The first-order valence-electron chi connectivity index (χ1n) is 5.59. The van der Waals surface area contributed by atoms with Crippen LogP contribution in [0.2, 0.25) is 0 Å². The maximum Gasteiger partial charge on any atom is 0.333 e. The average Bonchev–Trinajstić information content (AvgIpc) is 2.18. The van der Waals surface area contributed by atoms with Crippen molar-refractivity contribution in [3.8, 4) is 0 Å². The minimum atomic E-state index is -0.293. The quantitative estimate of drug-likeness (QED) is 0.265. The Labute approximate surface area is 93.0 Å². The molecule has 0 N–H and O–H groups in total. The summed E-state index contributed by atoms with van der Waals surface area (Å²) in [7, 11) is 0. The molecule has 0 fully saturated rings. The Morgan fingerprint density at radius 1 is 1.47 bits per heavy atom. The summed E-state index contributed by atoms with van der Waals surface area (Å²) in [5.74, 6) is -0.293. The number of hydrogen-bond acceptors (Lipinski definition) is 2. The molecule has 0 rings (SSSR count). The second-order valence-corrected chi connectivity index (χ2v) is 3.83. The van der Waals surface area contributed by atoms with Crippen molar-refractivity contribution < 1.29 is 9.53 Å². The van der Waals surface area contributed by atoms with Gasteiger partial charge in [0.25, 0.3) is 0 Å². The number of carbonyl (C=O) groups excluding carboxylic acids is 1. The minimum absolute atomic E-state index is 0.0294. The summed E-state index contributed by atoms with van der Waals surface area (Å²) in [6.45, 7) is 11.1. The molecule has 15 heavy (non-hydrogen) atoms. The Bertz CT molecular complexity index is 219. The van der Waals surface area contributed by atoms with Gasteiger partial charge >= 0.3 is 5.97 Å². The van der Waals surface area contributed by atoms with Gasteiger partial charge in [-0.05, 0) is 19.8 Å². The SMILES string of the molecule is C=CCC(CCCCC)OC(=O)C(=C)C. The van der Waals surface area contributed by atoms with Crippen LogP contribution in [0.15, 0.2) is 24.8 Å². The second kappa shape index (κ2) is 8.27.